The molecule has 2 rings (SSSR count). The molecule has 2 heterocycles. The molecule has 7 heteroatoms. The highest BCUT2D eigenvalue weighted by molar-refractivity contribution is 7.89. The summed E-state index contributed by atoms with van der Waals surface area (Å²) >= 11 is 0. The maximum Gasteiger partial charge on any atom is 0.259 e. The molecule has 0 amide bonds. The monoisotopic (exact) mass is 272 g/mol. The summed E-state index contributed by atoms with van der Waals surface area (Å²) in [6.45, 7) is 4.48. The van der Waals surface area contributed by atoms with Gasteiger partial charge >= 0.3 is 0 Å². The van der Waals surface area contributed by atoms with Crippen molar-refractivity contribution in [1.82, 2.24) is 19.6 Å². The van der Waals surface area contributed by atoms with E-state index in [1.807, 2.05) is 6.92 Å². The average molecular weight is 272 g/mol. The number of aryl methyl sites for hydroxylation is 1. The van der Waals surface area contributed by atoms with E-state index in [-0.39, 0.29) is 11.1 Å². The molecule has 102 valence electrons. The fourth-order valence-corrected chi connectivity index (χ4v) is 3.32. The predicted octanol–water partition coefficient (Wildman–Crippen LogP) is 0.323. The van der Waals surface area contributed by atoms with Crippen LogP contribution >= 0.6 is 0 Å². The number of sulfonamides is 1. The van der Waals surface area contributed by atoms with Crippen molar-refractivity contribution in [2.45, 2.75) is 43.8 Å². The third kappa shape index (κ3) is 3.30. The molecule has 1 aliphatic rings. The molecule has 0 radical (unpaired) electrons. The molecular formula is C11H20N4O2S. The lowest BCUT2D eigenvalue weighted by Gasteiger charge is -2.14. The molecule has 2 N–H and O–H groups in total. The first-order valence-corrected chi connectivity index (χ1v) is 7.85. The summed E-state index contributed by atoms with van der Waals surface area (Å²) in [6.07, 6.45) is 5.81. The van der Waals surface area contributed by atoms with Crippen molar-refractivity contribution in [1.29, 1.82) is 0 Å². The Hall–Kier alpha value is -0.920. The highest BCUT2D eigenvalue weighted by Gasteiger charge is 2.22. The van der Waals surface area contributed by atoms with Crippen molar-refractivity contribution in [3.05, 3.63) is 12.5 Å². The fourth-order valence-electron chi connectivity index (χ4n) is 2.07. The topological polar surface area (TPSA) is 76.0 Å². The molecule has 1 saturated heterocycles. The van der Waals surface area contributed by atoms with Gasteiger partial charge in [-0.3, -0.25) is 0 Å². The van der Waals surface area contributed by atoms with Crippen LogP contribution < -0.4 is 10.0 Å². The van der Waals surface area contributed by atoms with Crippen molar-refractivity contribution in [2.75, 3.05) is 13.1 Å². The van der Waals surface area contributed by atoms with Gasteiger partial charge in [0.05, 0.1) is 6.33 Å². The molecule has 18 heavy (non-hydrogen) atoms. The Bertz CT molecular complexity index is 475. The Morgan fingerprint density at radius 3 is 3.06 bits per heavy atom. The third-order valence-electron chi connectivity index (χ3n) is 3.15. The molecule has 1 fully saturated rings. The van der Waals surface area contributed by atoms with Gasteiger partial charge in [0, 0.05) is 18.8 Å². The van der Waals surface area contributed by atoms with Gasteiger partial charge in [-0.2, -0.15) is 0 Å². The second kappa shape index (κ2) is 5.81. The van der Waals surface area contributed by atoms with Crippen LogP contribution in [0.3, 0.4) is 0 Å². The minimum absolute atomic E-state index is 0.0109. The van der Waals surface area contributed by atoms with Crippen LogP contribution in [-0.4, -0.2) is 37.1 Å². The van der Waals surface area contributed by atoms with E-state index in [4.69, 9.17) is 0 Å². The van der Waals surface area contributed by atoms with E-state index >= 15 is 0 Å². The Morgan fingerprint density at radius 2 is 2.33 bits per heavy atom. The predicted molar refractivity (Wildman–Crippen MR) is 68.7 cm³/mol. The molecule has 0 saturated carbocycles. The van der Waals surface area contributed by atoms with E-state index in [9.17, 15) is 8.42 Å². The molecule has 1 aliphatic heterocycles. The van der Waals surface area contributed by atoms with Crippen molar-refractivity contribution in [2.24, 2.45) is 0 Å². The van der Waals surface area contributed by atoms with Gasteiger partial charge in [0.2, 0.25) is 0 Å². The van der Waals surface area contributed by atoms with Gasteiger partial charge in [0.25, 0.3) is 10.0 Å². The molecule has 0 aromatic carbocycles. The van der Waals surface area contributed by atoms with Gasteiger partial charge in [-0.25, -0.2) is 18.1 Å². The van der Waals surface area contributed by atoms with Crippen LogP contribution in [0.25, 0.3) is 0 Å². The minimum Gasteiger partial charge on any atom is -0.336 e. The summed E-state index contributed by atoms with van der Waals surface area (Å²) in [5, 5.41) is 3.37. The van der Waals surface area contributed by atoms with Crippen molar-refractivity contribution < 1.29 is 8.42 Å². The third-order valence-corrected chi connectivity index (χ3v) is 4.55. The van der Waals surface area contributed by atoms with Crippen molar-refractivity contribution in [3.63, 3.8) is 0 Å². The number of imidazole rings is 1. The molecular weight excluding hydrogens is 252 g/mol. The largest absolute Gasteiger partial charge is 0.336 e. The normalized spacial score (nSPS) is 21.7. The van der Waals surface area contributed by atoms with Crippen LogP contribution in [-0.2, 0) is 16.6 Å². The molecule has 1 aromatic heterocycles. The van der Waals surface area contributed by atoms with Crippen molar-refractivity contribution in [3.8, 4) is 0 Å². The standard InChI is InChI=1S/C11H20N4O2S/c1-2-15-8-11(13-9-15)18(16,17)14-10-4-3-6-12-7-5-10/h8-10,12,14H,2-7H2,1H3. The Kier molecular flexibility index (Phi) is 4.36. The lowest BCUT2D eigenvalue weighted by molar-refractivity contribution is 0.516. The Morgan fingerprint density at radius 1 is 1.50 bits per heavy atom. The average Bonchev–Trinajstić information content (AvgIpc) is 2.70. The second-order valence-corrected chi connectivity index (χ2v) is 6.20. The molecule has 0 bridgehead atoms. The first kappa shape index (κ1) is 13.5. The smallest absolute Gasteiger partial charge is 0.259 e. The summed E-state index contributed by atoms with van der Waals surface area (Å²) in [4.78, 5) is 3.94. The van der Waals surface area contributed by atoms with Crippen LogP contribution in [0.4, 0.5) is 0 Å². The van der Waals surface area contributed by atoms with E-state index in [1.165, 1.54) is 0 Å². The van der Waals surface area contributed by atoms with Gasteiger partial charge in [-0.05, 0) is 39.3 Å². The second-order valence-electron chi connectivity index (χ2n) is 4.54. The highest BCUT2D eigenvalue weighted by atomic mass is 32.2. The SMILES string of the molecule is CCn1cnc(S(=O)(=O)NC2CCCNCC2)c1. The van der Waals surface area contributed by atoms with Crippen molar-refractivity contribution >= 4 is 10.0 Å². The van der Waals surface area contributed by atoms with Gasteiger partial charge in [0.15, 0.2) is 5.03 Å². The van der Waals surface area contributed by atoms with Gasteiger partial charge in [-0.1, -0.05) is 0 Å². The van der Waals surface area contributed by atoms with Crippen LogP contribution in [0.2, 0.25) is 0 Å². The zero-order valence-corrected chi connectivity index (χ0v) is 11.4. The Balaban J connectivity index is 2.06. The maximum atomic E-state index is 12.1. The molecule has 6 nitrogen and oxygen atoms in total. The number of nitrogens with zero attached hydrogens (tertiary/aromatic N) is 2. The van der Waals surface area contributed by atoms with E-state index in [2.05, 4.69) is 15.0 Å². The quantitative estimate of drug-likeness (QED) is 0.828. The number of aromatic nitrogens is 2. The summed E-state index contributed by atoms with van der Waals surface area (Å²) in [7, 11) is -3.48. The van der Waals surface area contributed by atoms with E-state index < -0.39 is 10.0 Å². The fraction of sp³-hybridized carbons (Fsp3) is 0.727. The van der Waals surface area contributed by atoms with Gasteiger partial charge < -0.3 is 9.88 Å². The maximum absolute atomic E-state index is 12.1. The van der Waals surface area contributed by atoms with Crippen LogP contribution in [0.15, 0.2) is 17.6 Å². The number of nitrogens with one attached hydrogen (secondary N) is 2. The summed E-state index contributed by atoms with van der Waals surface area (Å²) in [6, 6.07) is 0.0109. The molecule has 0 spiro atoms. The minimum atomic E-state index is -3.48. The number of hydrogen-bond donors (Lipinski definition) is 2. The summed E-state index contributed by atoms with van der Waals surface area (Å²) in [5.74, 6) is 0. The zero-order valence-electron chi connectivity index (χ0n) is 10.6. The van der Waals surface area contributed by atoms with Crippen LogP contribution in [0.5, 0.6) is 0 Å². The number of hydrogen-bond acceptors (Lipinski definition) is 4. The summed E-state index contributed by atoms with van der Waals surface area (Å²) in [5.41, 5.74) is 0. The first-order chi connectivity index (χ1) is 8.62. The van der Waals surface area contributed by atoms with Crippen LogP contribution in [0, 0.1) is 0 Å². The van der Waals surface area contributed by atoms with Gasteiger partial charge in [-0.15, -0.1) is 0 Å². The summed E-state index contributed by atoms with van der Waals surface area (Å²) < 4.78 is 28.8. The zero-order chi connectivity index (χ0) is 13.0. The Labute approximate surface area is 108 Å². The first-order valence-electron chi connectivity index (χ1n) is 6.36. The molecule has 1 unspecified atom stereocenters. The van der Waals surface area contributed by atoms with Gasteiger partial charge in [0.1, 0.15) is 0 Å². The molecule has 0 aliphatic carbocycles. The lowest BCUT2D eigenvalue weighted by Crippen LogP contribution is -2.35. The molecule has 1 atom stereocenters. The van der Waals surface area contributed by atoms with Crippen LogP contribution in [0.1, 0.15) is 26.2 Å². The van der Waals surface area contributed by atoms with E-state index in [1.54, 1.807) is 17.1 Å². The van der Waals surface area contributed by atoms with E-state index in [0.717, 1.165) is 38.9 Å². The number of rotatable bonds is 4. The lowest BCUT2D eigenvalue weighted by atomic mass is 10.1. The molecule has 1 aromatic rings. The van der Waals surface area contributed by atoms with E-state index in [0.29, 0.717) is 0 Å². The highest BCUT2D eigenvalue weighted by Crippen LogP contribution is 2.11.